The van der Waals surface area contributed by atoms with Crippen LogP contribution in [0.5, 0.6) is 0 Å². The minimum Gasteiger partial charge on any atom is -0.370 e. The van der Waals surface area contributed by atoms with E-state index in [0.717, 1.165) is 31.6 Å². The Morgan fingerprint density at radius 1 is 1.08 bits per heavy atom. The van der Waals surface area contributed by atoms with Crippen molar-refractivity contribution in [2.45, 2.75) is 31.9 Å². The third-order valence-electron chi connectivity index (χ3n) is 4.76. The minimum atomic E-state index is -4.24. The number of nitrogens with zero attached hydrogens (tertiary/aromatic N) is 2. The first-order valence-electron chi connectivity index (χ1n) is 8.42. The van der Waals surface area contributed by atoms with Gasteiger partial charge in [0.05, 0.1) is 17.3 Å². The molecule has 1 N–H and O–H groups in total. The van der Waals surface area contributed by atoms with E-state index in [0.29, 0.717) is 18.7 Å². The van der Waals surface area contributed by atoms with Crippen molar-refractivity contribution in [1.29, 1.82) is 0 Å². The highest BCUT2D eigenvalue weighted by Crippen LogP contribution is 2.34. The Morgan fingerprint density at radius 3 is 2.50 bits per heavy atom. The Balaban J connectivity index is 1.69. The maximum Gasteiger partial charge on any atom is 0.393 e. The molecule has 0 saturated carbocycles. The number of carbonyl (C=O) groups excluding carboxylic acids is 1. The van der Waals surface area contributed by atoms with Gasteiger partial charge in [-0.15, -0.1) is 0 Å². The standard InChI is InChI=1S/C17H22F3N3O/c18-17(19,20)13-6-5-11-23(12-13)16(24)21-14-7-1-2-8-15(14)22-9-3-4-10-22/h1-2,7-8,13H,3-6,9-12H2,(H,21,24)/t13-/m0/s1. The van der Waals surface area contributed by atoms with Crippen LogP contribution in [0.3, 0.4) is 0 Å². The van der Waals surface area contributed by atoms with Gasteiger partial charge in [0, 0.05) is 26.2 Å². The molecule has 0 unspecified atom stereocenters. The van der Waals surface area contributed by atoms with E-state index in [2.05, 4.69) is 10.2 Å². The molecule has 4 nitrogen and oxygen atoms in total. The zero-order valence-electron chi connectivity index (χ0n) is 13.5. The zero-order valence-corrected chi connectivity index (χ0v) is 13.5. The van der Waals surface area contributed by atoms with Gasteiger partial charge in [0.25, 0.3) is 0 Å². The van der Waals surface area contributed by atoms with Crippen LogP contribution in [0.4, 0.5) is 29.3 Å². The molecule has 132 valence electrons. The van der Waals surface area contributed by atoms with E-state index >= 15 is 0 Å². The number of anilines is 2. The highest BCUT2D eigenvalue weighted by atomic mass is 19.4. The SMILES string of the molecule is O=C(Nc1ccccc1N1CCCC1)N1CCC[C@H](C(F)(F)F)C1. The number of benzene rings is 1. The molecule has 0 bridgehead atoms. The van der Waals surface area contributed by atoms with Crippen molar-refractivity contribution in [3.8, 4) is 0 Å². The quantitative estimate of drug-likeness (QED) is 0.879. The van der Waals surface area contributed by atoms with E-state index < -0.39 is 18.1 Å². The number of nitrogens with one attached hydrogen (secondary N) is 1. The summed E-state index contributed by atoms with van der Waals surface area (Å²) in [6.07, 6.45) is -1.54. The first kappa shape index (κ1) is 16.9. The topological polar surface area (TPSA) is 35.6 Å². The molecule has 2 saturated heterocycles. The second-order valence-electron chi connectivity index (χ2n) is 6.47. The zero-order chi connectivity index (χ0) is 17.2. The van der Waals surface area contributed by atoms with Crippen molar-refractivity contribution in [3.63, 3.8) is 0 Å². The lowest BCUT2D eigenvalue weighted by Gasteiger charge is -2.34. The van der Waals surface area contributed by atoms with E-state index in [4.69, 9.17) is 0 Å². The first-order chi connectivity index (χ1) is 11.4. The fourth-order valence-corrected chi connectivity index (χ4v) is 3.44. The minimum absolute atomic E-state index is 0.0949. The number of alkyl halides is 3. The van der Waals surface area contributed by atoms with Crippen LogP contribution >= 0.6 is 0 Å². The fourth-order valence-electron chi connectivity index (χ4n) is 3.44. The molecule has 7 heteroatoms. The molecule has 0 radical (unpaired) electrons. The normalized spacial score (nSPS) is 21.9. The van der Waals surface area contributed by atoms with E-state index in [1.54, 1.807) is 6.07 Å². The van der Waals surface area contributed by atoms with Gasteiger partial charge < -0.3 is 15.1 Å². The van der Waals surface area contributed by atoms with Gasteiger partial charge >= 0.3 is 12.2 Å². The monoisotopic (exact) mass is 341 g/mol. The Labute approximate surface area is 139 Å². The lowest BCUT2D eigenvalue weighted by molar-refractivity contribution is -0.183. The second-order valence-corrected chi connectivity index (χ2v) is 6.47. The lowest BCUT2D eigenvalue weighted by Crippen LogP contribution is -2.46. The van der Waals surface area contributed by atoms with Gasteiger partial charge in [-0.2, -0.15) is 13.2 Å². The van der Waals surface area contributed by atoms with Crippen LogP contribution in [-0.4, -0.2) is 43.3 Å². The van der Waals surface area contributed by atoms with Gasteiger partial charge in [-0.05, 0) is 37.8 Å². The van der Waals surface area contributed by atoms with Crippen molar-refractivity contribution < 1.29 is 18.0 Å². The first-order valence-corrected chi connectivity index (χ1v) is 8.42. The van der Waals surface area contributed by atoms with Gasteiger partial charge in [-0.25, -0.2) is 4.79 Å². The van der Waals surface area contributed by atoms with Crippen LogP contribution in [0.25, 0.3) is 0 Å². The van der Waals surface area contributed by atoms with Crippen LogP contribution in [0.15, 0.2) is 24.3 Å². The number of carbonyl (C=O) groups is 1. The highest BCUT2D eigenvalue weighted by Gasteiger charge is 2.42. The fraction of sp³-hybridized carbons (Fsp3) is 0.588. The molecule has 2 fully saturated rings. The number of para-hydroxylation sites is 2. The van der Waals surface area contributed by atoms with Crippen LogP contribution in [0.1, 0.15) is 25.7 Å². The van der Waals surface area contributed by atoms with Crippen LogP contribution in [0.2, 0.25) is 0 Å². The van der Waals surface area contributed by atoms with Gasteiger partial charge in [0.15, 0.2) is 0 Å². The summed E-state index contributed by atoms with van der Waals surface area (Å²) in [5.41, 5.74) is 1.60. The van der Waals surface area contributed by atoms with Crippen molar-refractivity contribution >= 4 is 17.4 Å². The molecule has 1 aromatic carbocycles. The van der Waals surface area contributed by atoms with Gasteiger partial charge in [0.1, 0.15) is 0 Å². The number of likely N-dealkylation sites (tertiary alicyclic amines) is 1. The average Bonchev–Trinajstić information content (AvgIpc) is 3.09. The summed E-state index contributed by atoms with van der Waals surface area (Å²) < 4.78 is 38.7. The largest absolute Gasteiger partial charge is 0.393 e. The van der Waals surface area contributed by atoms with E-state index in [1.807, 2.05) is 18.2 Å². The van der Waals surface area contributed by atoms with Crippen LogP contribution in [0, 0.1) is 5.92 Å². The van der Waals surface area contributed by atoms with Crippen LogP contribution < -0.4 is 10.2 Å². The molecule has 3 rings (SSSR count). The summed E-state index contributed by atoms with van der Waals surface area (Å²) in [6.45, 7) is 1.98. The Hall–Kier alpha value is -1.92. The van der Waals surface area contributed by atoms with Crippen molar-refractivity contribution in [3.05, 3.63) is 24.3 Å². The molecule has 0 spiro atoms. The predicted octanol–water partition coefficient (Wildman–Crippen LogP) is 4.09. The molecule has 2 aliphatic rings. The maximum atomic E-state index is 12.9. The number of rotatable bonds is 2. The van der Waals surface area contributed by atoms with Crippen molar-refractivity contribution in [2.24, 2.45) is 5.92 Å². The molecular formula is C17H22F3N3O. The maximum absolute atomic E-state index is 12.9. The smallest absolute Gasteiger partial charge is 0.370 e. The van der Waals surface area contributed by atoms with Crippen molar-refractivity contribution in [1.82, 2.24) is 4.90 Å². The third-order valence-corrected chi connectivity index (χ3v) is 4.76. The number of halogens is 3. The molecule has 2 heterocycles. The van der Waals surface area contributed by atoms with E-state index in [9.17, 15) is 18.0 Å². The second kappa shape index (κ2) is 6.91. The molecule has 24 heavy (non-hydrogen) atoms. The summed E-state index contributed by atoms with van der Waals surface area (Å²) in [5, 5.41) is 2.81. The number of piperidine rings is 1. The van der Waals surface area contributed by atoms with E-state index in [1.165, 1.54) is 4.90 Å². The Morgan fingerprint density at radius 2 is 1.79 bits per heavy atom. The summed E-state index contributed by atoms with van der Waals surface area (Å²) in [7, 11) is 0. The van der Waals surface area contributed by atoms with Gasteiger partial charge in [-0.3, -0.25) is 0 Å². The number of amides is 2. The number of hydrogen-bond donors (Lipinski definition) is 1. The molecule has 0 aromatic heterocycles. The molecule has 2 amide bonds. The van der Waals surface area contributed by atoms with Gasteiger partial charge in [-0.1, -0.05) is 12.1 Å². The summed E-state index contributed by atoms with van der Waals surface area (Å²) in [6, 6.07) is 7.02. The van der Waals surface area contributed by atoms with Gasteiger partial charge in [0.2, 0.25) is 0 Å². The van der Waals surface area contributed by atoms with Crippen LogP contribution in [-0.2, 0) is 0 Å². The summed E-state index contributed by atoms with van der Waals surface area (Å²) >= 11 is 0. The Kier molecular flexibility index (Phi) is 4.87. The molecule has 1 atom stereocenters. The van der Waals surface area contributed by atoms with E-state index in [-0.39, 0.29) is 13.0 Å². The number of urea groups is 1. The van der Waals surface area contributed by atoms with Crippen molar-refractivity contribution in [2.75, 3.05) is 36.4 Å². The molecule has 2 aliphatic heterocycles. The number of hydrogen-bond acceptors (Lipinski definition) is 2. The highest BCUT2D eigenvalue weighted by molar-refractivity contribution is 5.93. The molecule has 0 aliphatic carbocycles. The Bertz CT molecular complexity index is 585. The predicted molar refractivity (Wildman–Crippen MR) is 87.3 cm³/mol. The summed E-state index contributed by atoms with van der Waals surface area (Å²) in [5.74, 6) is -1.43. The summed E-state index contributed by atoms with van der Waals surface area (Å²) in [4.78, 5) is 15.9. The average molecular weight is 341 g/mol. The molecular weight excluding hydrogens is 319 g/mol. The lowest BCUT2D eigenvalue weighted by atomic mass is 9.98. The third kappa shape index (κ3) is 3.76. The molecule has 1 aromatic rings.